The van der Waals surface area contributed by atoms with Gasteiger partial charge in [-0.2, -0.15) is 0 Å². The second-order valence-corrected chi connectivity index (χ2v) is 5.19. The van der Waals surface area contributed by atoms with E-state index in [1.807, 2.05) is 0 Å². The third kappa shape index (κ3) is 2.46. The van der Waals surface area contributed by atoms with Gasteiger partial charge in [0.15, 0.2) is 5.65 Å². The van der Waals surface area contributed by atoms with Crippen molar-refractivity contribution in [1.29, 1.82) is 0 Å². The Labute approximate surface area is 126 Å². The number of nitro benzene ring substituents is 2. The number of benzene rings is 1. The van der Waals surface area contributed by atoms with Crippen LogP contribution >= 0.6 is 11.8 Å². The first-order valence-electron chi connectivity index (χ1n) is 5.97. The molecule has 10 heteroatoms. The average molecular weight is 317 g/mol. The van der Waals surface area contributed by atoms with Gasteiger partial charge in [-0.3, -0.25) is 24.6 Å². The van der Waals surface area contributed by atoms with E-state index in [0.29, 0.717) is 10.8 Å². The molecule has 2 heterocycles. The quantitative estimate of drug-likeness (QED) is 0.536. The third-order valence-corrected chi connectivity index (χ3v) is 3.86. The second-order valence-electron chi connectivity index (χ2n) is 4.18. The van der Waals surface area contributed by atoms with Crippen LogP contribution in [0.5, 0.6) is 0 Å². The van der Waals surface area contributed by atoms with Gasteiger partial charge in [0.2, 0.25) is 5.16 Å². The lowest BCUT2D eigenvalue weighted by atomic mass is 10.3. The summed E-state index contributed by atoms with van der Waals surface area (Å²) >= 11 is 1.02. The molecule has 0 aliphatic carbocycles. The highest BCUT2D eigenvalue weighted by Crippen LogP contribution is 2.36. The maximum absolute atomic E-state index is 11.1. The fraction of sp³-hybridized carbons (Fsp3) is 0. The van der Waals surface area contributed by atoms with E-state index in [1.165, 1.54) is 12.1 Å². The fourth-order valence-electron chi connectivity index (χ4n) is 1.84. The third-order valence-electron chi connectivity index (χ3n) is 2.83. The van der Waals surface area contributed by atoms with Crippen molar-refractivity contribution in [1.82, 2.24) is 14.6 Å². The first-order chi connectivity index (χ1) is 10.6. The van der Waals surface area contributed by atoms with Crippen LogP contribution in [0.3, 0.4) is 0 Å². The molecule has 1 aromatic carbocycles. The van der Waals surface area contributed by atoms with E-state index in [2.05, 4.69) is 10.2 Å². The molecule has 9 nitrogen and oxygen atoms in total. The van der Waals surface area contributed by atoms with E-state index in [4.69, 9.17) is 0 Å². The van der Waals surface area contributed by atoms with Crippen LogP contribution in [0.4, 0.5) is 11.4 Å². The molecule has 0 saturated carbocycles. The van der Waals surface area contributed by atoms with Crippen LogP contribution in [0.25, 0.3) is 5.65 Å². The van der Waals surface area contributed by atoms with Crippen LogP contribution < -0.4 is 0 Å². The van der Waals surface area contributed by atoms with Crippen molar-refractivity contribution in [3.8, 4) is 0 Å². The molecule has 0 radical (unpaired) electrons. The van der Waals surface area contributed by atoms with Crippen molar-refractivity contribution < 1.29 is 9.85 Å². The maximum atomic E-state index is 11.1. The Hall–Kier alpha value is -3.01. The zero-order chi connectivity index (χ0) is 15.7. The summed E-state index contributed by atoms with van der Waals surface area (Å²) in [6.07, 6.45) is 1.73. The molecule has 0 spiro atoms. The van der Waals surface area contributed by atoms with Crippen LogP contribution in [0.2, 0.25) is 0 Å². The number of pyridine rings is 1. The number of non-ortho nitro benzene ring substituents is 1. The minimum atomic E-state index is -0.673. The number of hydrogen-bond acceptors (Lipinski definition) is 7. The highest BCUT2D eigenvalue weighted by molar-refractivity contribution is 7.99. The Morgan fingerprint density at radius 1 is 1.05 bits per heavy atom. The summed E-state index contributed by atoms with van der Waals surface area (Å²) in [4.78, 5) is 20.8. The van der Waals surface area contributed by atoms with Gasteiger partial charge in [-0.25, -0.2) is 0 Å². The molecule has 2 aromatic heterocycles. The number of hydrogen-bond donors (Lipinski definition) is 0. The van der Waals surface area contributed by atoms with Crippen LogP contribution in [0, 0.1) is 20.2 Å². The second kappa shape index (κ2) is 5.41. The summed E-state index contributed by atoms with van der Waals surface area (Å²) < 4.78 is 1.68. The minimum Gasteiger partial charge on any atom is -0.277 e. The number of aromatic nitrogens is 3. The summed E-state index contributed by atoms with van der Waals surface area (Å²) in [5.74, 6) is 0. The molecule has 0 fully saturated rings. The van der Waals surface area contributed by atoms with Crippen molar-refractivity contribution in [2.75, 3.05) is 0 Å². The van der Waals surface area contributed by atoms with Gasteiger partial charge < -0.3 is 0 Å². The van der Waals surface area contributed by atoms with E-state index < -0.39 is 9.85 Å². The monoisotopic (exact) mass is 317 g/mol. The zero-order valence-electron chi connectivity index (χ0n) is 10.8. The van der Waals surface area contributed by atoms with Gasteiger partial charge in [-0.05, 0) is 30.0 Å². The van der Waals surface area contributed by atoms with Crippen LogP contribution in [0.15, 0.2) is 52.6 Å². The predicted molar refractivity (Wildman–Crippen MR) is 76.9 cm³/mol. The Kier molecular flexibility index (Phi) is 3.43. The average Bonchev–Trinajstić information content (AvgIpc) is 2.90. The van der Waals surface area contributed by atoms with Gasteiger partial charge in [0.1, 0.15) is 0 Å². The number of nitrogens with zero attached hydrogens (tertiary/aromatic N) is 5. The van der Waals surface area contributed by atoms with E-state index in [0.717, 1.165) is 17.8 Å². The van der Waals surface area contributed by atoms with E-state index >= 15 is 0 Å². The molecule has 3 rings (SSSR count). The lowest BCUT2D eigenvalue weighted by Gasteiger charge is -2.01. The molecule has 110 valence electrons. The molecule has 3 aromatic rings. The SMILES string of the molecule is O=[N+]([O-])c1ccc(Sc2nnc3ccccn23)c([N+](=O)[O-])c1. The molecule has 0 aliphatic heterocycles. The Morgan fingerprint density at radius 3 is 2.59 bits per heavy atom. The number of rotatable bonds is 4. The van der Waals surface area contributed by atoms with Crippen molar-refractivity contribution in [3.63, 3.8) is 0 Å². The van der Waals surface area contributed by atoms with Crippen LogP contribution in [-0.2, 0) is 0 Å². The van der Waals surface area contributed by atoms with Crippen LogP contribution in [0.1, 0.15) is 0 Å². The molecular weight excluding hydrogens is 310 g/mol. The smallest absolute Gasteiger partial charge is 0.277 e. The lowest BCUT2D eigenvalue weighted by molar-refractivity contribution is -0.396. The Bertz CT molecular complexity index is 894. The molecule has 0 aliphatic rings. The summed E-state index contributed by atoms with van der Waals surface area (Å²) in [5.41, 5.74) is -0.0661. The maximum Gasteiger partial charge on any atom is 0.290 e. The molecule has 0 unspecified atom stereocenters. The topological polar surface area (TPSA) is 116 Å². The van der Waals surface area contributed by atoms with Gasteiger partial charge >= 0.3 is 0 Å². The summed E-state index contributed by atoms with van der Waals surface area (Å²) in [7, 11) is 0. The zero-order valence-corrected chi connectivity index (χ0v) is 11.6. The van der Waals surface area contributed by atoms with Crippen molar-refractivity contribution in [2.45, 2.75) is 10.1 Å². The summed E-state index contributed by atoms with van der Waals surface area (Å²) in [6, 6.07) is 8.83. The molecule has 0 atom stereocenters. The summed E-state index contributed by atoms with van der Waals surface area (Å²) in [6.45, 7) is 0. The fourth-order valence-corrected chi connectivity index (χ4v) is 2.74. The van der Waals surface area contributed by atoms with E-state index in [9.17, 15) is 20.2 Å². The van der Waals surface area contributed by atoms with Crippen molar-refractivity contribution in [2.24, 2.45) is 0 Å². The first kappa shape index (κ1) is 13.9. The predicted octanol–water partition coefficient (Wildman–Crippen LogP) is 2.70. The highest BCUT2D eigenvalue weighted by Gasteiger charge is 2.21. The van der Waals surface area contributed by atoms with Crippen molar-refractivity contribution >= 4 is 28.8 Å². The molecule has 22 heavy (non-hydrogen) atoms. The molecule has 0 N–H and O–H groups in total. The first-order valence-corrected chi connectivity index (χ1v) is 6.78. The number of nitro groups is 2. The van der Waals surface area contributed by atoms with Gasteiger partial charge in [-0.15, -0.1) is 10.2 Å². The Morgan fingerprint density at radius 2 is 1.86 bits per heavy atom. The molecular formula is C12H7N5O4S. The number of fused-ring (bicyclic) bond motifs is 1. The van der Waals surface area contributed by atoms with Gasteiger partial charge in [0, 0.05) is 12.3 Å². The van der Waals surface area contributed by atoms with Gasteiger partial charge in [0.25, 0.3) is 11.4 Å². The largest absolute Gasteiger partial charge is 0.290 e. The highest BCUT2D eigenvalue weighted by atomic mass is 32.2. The molecule has 0 bridgehead atoms. The van der Waals surface area contributed by atoms with Gasteiger partial charge in [-0.1, -0.05) is 6.07 Å². The normalized spacial score (nSPS) is 10.7. The lowest BCUT2D eigenvalue weighted by Crippen LogP contribution is -1.95. The van der Waals surface area contributed by atoms with Crippen molar-refractivity contribution in [3.05, 3.63) is 62.8 Å². The van der Waals surface area contributed by atoms with Gasteiger partial charge in [0.05, 0.1) is 20.8 Å². The summed E-state index contributed by atoms with van der Waals surface area (Å²) in [5, 5.41) is 30.2. The molecule has 0 amide bonds. The molecule has 0 saturated heterocycles. The van der Waals surface area contributed by atoms with E-state index in [-0.39, 0.29) is 16.3 Å². The van der Waals surface area contributed by atoms with Crippen LogP contribution in [-0.4, -0.2) is 24.4 Å². The minimum absolute atomic E-state index is 0.258. The standard InChI is InChI=1S/C12H7N5O4S/c18-16(19)8-4-5-10(9(7-8)17(20)21)22-12-14-13-11-3-1-2-6-15(11)12/h1-7H. The van der Waals surface area contributed by atoms with E-state index in [1.54, 1.807) is 28.8 Å². The Balaban J connectivity index is 2.05.